The number of esters is 1. The number of carbonyl (C=O) groups is 4. The lowest BCUT2D eigenvalue weighted by Gasteiger charge is -2.20. The van der Waals surface area contributed by atoms with Crippen molar-refractivity contribution in [1.29, 1.82) is 0 Å². The maximum absolute atomic E-state index is 13.0. The van der Waals surface area contributed by atoms with Crippen LogP contribution in [-0.4, -0.2) is 57.8 Å². The second-order valence-corrected chi connectivity index (χ2v) is 21.4. The Balaban J connectivity index is 0.000000198. The molecule has 0 aliphatic carbocycles. The first-order valence-corrected chi connectivity index (χ1v) is 27.2. The Hall–Kier alpha value is -9.68. The summed E-state index contributed by atoms with van der Waals surface area (Å²) in [6, 6.07) is 57.9. The highest BCUT2D eigenvalue weighted by atomic mass is 16.6. The number of rotatable bonds is 16. The van der Waals surface area contributed by atoms with Gasteiger partial charge in [0.05, 0.1) is 25.3 Å². The van der Waals surface area contributed by atoms with Crippen molar-refractivity contribution < 1.29 is 38.5 Å². The molecule has 416 valence electrons. The lowest BCUT2D eigenvalue weighted by atomic mass is 9.98. The first-order valence-electron chi connectivity index (χ1n) is 27.2. The van der Waals surface area contributed by atoms with Crippen LogP contribution in [0, 0.1) is 27.7 Å². The number of carboxylic acid groups (broad SMARTS) is 1. The van der Waals surface area contributed by atoms with E-state index in [1.807, 2.05) is 166 Å². The van der Waals surface area contributed by atoms with Gasteiger partial charge in [0.25, 0.3) is 11.8 Å². The first-order chi connectivity index (χ1) is 39.4. The molecule has 12 heteroatoms. The van der Waals surface area contributed by atoms with E-state index >= 15 is 0 Å². The number of methoxy groups -OCH3 is 2. The van der Waals surface area contributed by atoms with E-state index < -0.39 is 11.6 Å². The molecule has 0 spiro atoms. The van der Waals surface area contributed by atoms with Crippen LogP contribution in [0.2, 0.25) is 0 Å². The van der Waals surface area contributed by atoms with Gasteiger partial charge in [0.2, 0.25) is 0 Å². The third-order valence-corrected chi connectivity index (χ3v) is 14.9. The zero-order valence-electron chi connectivity index (χ0n) is 47.8. The fourth-order valence-corrected chi connectivity index (χ4v) is 10.2. The molecule has 0 bridgehead atoms. The molecule has 12 nitrogen and oxygen atoms in total. The molecule has 3 N–H and O–H groups in total. The fraction of sp³-hybridized carbons (Fsp3) is 0.200. The smallest absolute Gasteiger partial charge is 0.339 e. The standard InChI is InChI=1S/C37H38N2O4.C33H30N2O4/c1-24-25(2)39(34-20-17-29(21-33(24)34)35(40)38-22-26-13-18-30(42-6)19-14-26)23-27-11-15-28(16-12-27)31-9-7-8-10-32(31)36(41)43-37(3,4)5;1-21-22(2)35(20-24-8-12-25(13-9-24)28-6-4-5-7-29(28)33(37)38)31-17-14-26(18-30(21)31)32(36)34-19-23-10-15-27(39-3)16-11-23/h7-21H,22-23H2,1-6H3,(H,38,40);4-18H,19-20H2,1-3H3,(H,34,36)(H,37,38). The molecule has 0 fully saturated rings. The van der Waals surface area contributed by atoms with Crippen molar-refractivity contribution in [3.63, 3.8) is 0 Å². The number of carbonyl (C=O) groups excluding carboxylic acids is 3. The Kier molecular flexibility index (Phi) is 17.2. The van der Waals surface area contributed by atoms with Gasteiger partial charge in [0.1, 0.15) is 17.1 Å². The molecule has 2 heterocycles. The van der Waals surface area contributed by atoms with Crippen LogP contribution in [0.25, 0.3) is 44.1 Å². The van der Waals surface area contributed by atoms with Gasteiger partial charge in [0, 0.05) is 70.5 Å². The Morgan fingerprint density at radius 1 is 0.476 bits per heavy atom. The van der Waals surface area contributed by atoms with E-state index in [2.05, 4.69) is 71.7 Å². The van der Waals surface area contributed by atoms with Gasteiger partial charge in [-0.2, -0.15) is 0 Å². The average Bonchev–Trinajstić information content (AvgIpc) is 4.13. The summed E-state index contributed by atoms with van der Waals surface area (Å²) >= 11 is 0. The molecule has 0 saturated heterocycles. The van der Waals surface area contributed by atoms with Crippen molar-refractivity contribution in [2.75, 3.05) is 14.2 Å². The van der Waals surface area contributed by atoms with Crippen LogP contribution in [0.5, 0.6) is 11.5 Å². The molecular formula is C70H68N4O8. The number of fused-ring (bicyclic) bond motifs is 2. The maximum atomic E-state index is 13.0. The quantitative estimate of drug-likeness (QED) is 0.0810. The summed E-state index contributed by atoms with van der Waals surface area (Å²) in [4.78, 5) is 50.4. The topological polar surface area (TPSA) is 150 Å². The molecule has 0 aliphatic rings. The van der Waals surface area contributed by atoms with Crippen LogP contribution in [-0.2, 0) is 30.9 Å². The van der Waals surface area contributed by atoms with Crippen LogP contribution in [0.1, 0.15) is 107 Å². The number of benzene rings is 8. The van der Waals surface area contributed by atoms with Gasteiger partial charge in [-0.25, -0.2) is 9.59 Å². The van der Waals surface area contributed by atoms with E-state index in [1.54, 1.807) is 26.4 Å². The van der Waals surface area contributed by atoms with E-state index in [0.717, 1.165) is 94.8 Å². The van der Waals surface area contributed by atoms with Gasteiger partial charge >= 0.3 is 11.9 Å². The minimum absolute atomic E-state index is 0.107. The van der Waals surface area contributed by atoms with Crippen molar-refractivity contribution in [3.05, 3.63) is 249 Å². The van der Waals surface area contributed by atoms with E-state index in [1.165, 1.54) is 0 Å². The van der Waals surface area contributed by atoms with E-state index in [0.29, 0.717) is 48.4 Å². The predicted molar refractivity (Wildman–Crippen MR) is 325 cm³/mol. The summed E-state index contributed by atoms with van der Waals surface area (Å²) in [7, 11) is 3.26. The number of hydrogen-bond donors (Lipinski definition) is 3. The Morgan fingerprint density at radius 3 is 1.24 bits per heavy atom. The van der Waals surface area contributed by atoms with Crippen LogP contribution in [0.4, 0.5) is 0 Å². The van der Waals surface area contributed by atoms with Crippen LogP contribution in [0.3, 0.4) is 0 Å². The summed E-state index contributed by atoms with van der Waals surface area (Å²) < 4.78 is 20.6. The highest BCUT2D eigenvalue weighted by molar-refractivity contribution is 6.01. The highest BCUT2D eigenvalue weighted by Gasteiger charge is 2.22. The lowest BCUT2D eigenvalue weighted by Crippen LogP contribution is -2.24. The van der Waals surface area contributed by atoms with E-state index in [-0.39, 0.29) is 23.3 Å². The van der Waals surface area contributed by atoms with Gasteiger partial charge < -0.3 is 39.1 Å². The highest BCUT2D eigenvalue weighted by Crippen LogP contribution is 2.32. The Morgan fingerprint density at radius 2 is 0.854 bits per heavy atom. The number of aromatic nitrogens is 2. The zero-order chi connectivity index (χ0) is 58.2. The molecule has 0 atom stereocenters. The molecule has 0 unspecified atom stereocenters. The van der Waals surface area contributed by atoms with Crippen molar-refractivity contribution in [2.24, 2.45) is 0 Å². The monoisotopic (exact) mass is 1090 g/mol. The number of hydrogen-bond acceptors (Lipinski definition) is 7. The molecule has 10 rings (SSSR count). The van der Waals surface area contributed by atoms with Crippen molar-refractivity contribution in [1.82, 2.24) is 19.8 Å². The zero-order valence-corrected chi connectivity index (χ0v) is 47.8. The number of nitrogens with one attached hydrogen (secondary N) is 2. The van der Waals surface area contributed by atoms with Crippen molar-refractivity contribution in [3.8, 4) is 33.8 Å². The van der Waals surface area contributed by atoms with Gasteiger partial charge in [-0.1, -0.05) is 109 Å². The molecule has 0 aliphatic heterocycles. The van der Waals surface area contributed by atoms with E-state index in [4.69, 9.17) is 14.2 Å². The minimum atomic E-state index is -0.937. The summed E-state index contributed by atoms with van der Waals surface area (Å²) in [6.07, 6.45) is 0. The Bertz CT molecular complexity index is 3960. The molecule has 10 aromatic rings. The summed E-state index contributed by atoms with van der Waals surface area (Å²) in [5, 5.41) is 17.7. The molecular weight excluding hydrogens is 1020 g/mol. The van der Waals surface area contributed by atoms with Gasteiger partial charge in [0.15, 0.2) is 0 Å². The number of nitrogens with zero attached hydrogens (tertiary/aromatic N) is 2. The largest absolute Gasteiger partial charge is 0.497 e. The first kappa shape index (κ1) is 57.0. The second-order valence-electron chi connectivity index (χ2n) is 21.4. The molecule has 0 saturated carbocycles. The SMILES string of the molecule is COc1ccc(CNC(=O)c2ccc3c(c2)c(C)c(C)n3Cc2ccc(-c3ccccc3C(=O)O)cc2)cc1.COc1ccc(CNC(=O)c2ccc3c(c2)c(C)c(C)n3Cc2ccc(-c3ccccc3C(=O)OC(C)(C)C)cc2)cc1. The lowest BCUT2D eigenvalue weighted by molar-refractivity contribution is 0.00699. The fourth-order valence-electron chi connectivity index (χ4n) is 10.2. The third-order valence-electron chi connectivity index (χ3n) is 14.9. The number of amides is 2. The van der Waals surface area contributed by atoms with Crippen LogP contribution < -0.4 is 20.1 Å². The van der Waals surface area contributed by atoms with Crippen molar-refractivity contribution >= 4 is 45.6 Å². The Labute approximate surface area is 478 Å². The number of ether oxygens (including phenoxy) is 3. The van der Waals surface area contributed by atoms with Gasteiger partial charge in [-0.05, 0) is 177 Å². The molecule has 82 heavy (non-hydrogen) atoms. The van der Waals surface area contributed by atoms with Gasteiger partial charge in [-0.3, -0.25) is 9.59 Å². The number of carboxylic acids is 1. The predicted octanol–water partition coefficient (Wildman–Crippen LogP) is 14.5. The summed E-state index contributed by atoms with van der Waals surface area (Å²) in [6.45, 7) is 16.2. The van der Waals surface area contributed by atoms with E-state index in [9.17, 15) is 24.3 Å². The molecule has 2 aromatic heterocycles. The van der Waals surface area contributed by atoms with Crippen molar-refractivity contribution in [2.45, 2.75) is 80.2 Å². The molecule has 2 amide bonds. The molecule has 0 radical (unpaired) electrons. The maximum Gasteiger partial charge on any atom is 0.339 e. The second kappa shape index (κ2) is 24.8. The average molecular weight is 1090 g/mol. The summed E-state index contributed by atoms with van der Waals surface area (Å²) in [5.74, 6) is 0.0828. The van der Waals surface area contributed by atoms with Crippen LogP contribution >= 0.6 is 0 Å². The minimum Gasteiger partial charge on any atom is -0.497 e. The normalized spacial score (nSPS) is 11.2. The molecule has 8 aromatic carbocycles. The number of aromatic carboxylic acids is 1. The van der Waals surface area contributed by atoms with Gasteiger partial charge in [-0.15, -0.1) is 0 Å². The van der Waals surface area contributed by atoms with Crippen LogP contribution in [0.15, 0.2) is 182 Å². The summed E-state index contributed by atoms with van der Waals surface area (Å²) in [5.41, 5.74) is 15.9. The number of aryl methyl sites for hydroxylation is 2. The third kappa shape index (κ3) is 13.0.